The molecule has 0 fully saturated rings. The van der Waals surface area contributed by atoms with Crippen LogP contribution in [0.4, 0.5) is 0 Å². The number of aromatic nitrogens is 3. The van der Waals surface area contributed by atoms with Gasteiger partial charge in [-0.15, -0.1) is 0 Å². The van der Waals surface area contributed by atoms with Gasteiger partial charge in [-0.2, -0.15) is 4.98 Å². The highest BCUT2D eigenvalue weighted by Crippen LogP contribution is 2.20. The summed E-state index contributed by atoms with van der Waals surface area (Å²) in [4.78, 5) is 8.31. The van der Waals surface area contributed by atoms with E-state index in [0.717, 1.165) is 11.3 Å². The average molecular weight is 205 g/mol. The number of hydrogen-bond donors (Lipinski definition) is 0. The van der Waals surface area contributed by atoms with Crippen molar-refractivity contribution in [1.29, 1.82) is 0 Å². The van der Waals surface area contributed by atoms with E-state index in [9.17, 15) is 0 Å². The molecule has 0 aromatic carbocycles. The minimum absolute atomic E-state index is 0.540. The first-order chi connectivity index (χ1) is 7.19. The lowest BCUT2D eigenvalue weighted by molar-refractivity contribution is 0.393. The molecule has 2 rings (SSSR count). The Balaban J connectivity index is 2.48. The van der Waals surface area contributed by atoms with Crippen LogP contribution in [0.2, 0.25) is 0 Å². The van der Waals surface area contributed by atoms with Crippen LogP contribution in [0.3, 0.4) is 0 Å². The van der Waals surface area contributed by atoms with E-state index in [1.807, 2.05) is 13.0 Å². The summed E-state index contributed by atoms with van der Waals surface area (Å²) in [6.45, 7) is 3.64. The minimum atomic E-state index is 0.540. The zero-order valence-corrected chi connectivity index (χ0v) is 8.81. The lowest BCUT2D eigenvalue weighted by Crippen LogP contribution is -1.92. The lowest BCUT2D eigenvalue weighted by Gasteiger charge is -2.01. The Morgan fingerprint density at radius 1 is 1.20 bits per heavy atom. The van der Waals surface area contributed by atoms with E-state index in [4.69, 9.17) is 9.26 Å². The lowest BCUT2D eigenvalue weighted by atomic mass is 10.2. The van der Waals surface area contributed by atoms with Crippen molar-refractivity contribution >= 4 is 0 Å². The van der Waals surface area contributed by atoms with Crippen LogP contribution in [-0.4, -0.2) is 22.2 Å². The van der Waals surface area contributed by atoms with Gasteiger partial charge < -0.3 is 9.26 Å². The first kappa shape index (κ1) is 9.64. The summed E-state index contributed by atoms with van der Waals surface area (Å²) in [6.07, 6.45) is 0. The third kappa shape index (κ3) is 1.96. The topological polar surface area (TPSA) is 61.0 Å². The molecule has 5 heteroatoms. The molecule has 2 heterocycles. The summed E-state index contributed by atoms with van der Waals surface area (Å²) in [5.74, 6) is 1.64. The van der Waals surface area contributed by atoms with Crippen molar-refractivity contribution < 1.29 is 9.26 Å². The van der Waals surface area contributed by atoms with Gasteiger partial charge in [0.05, 0.1) is 7.11 Å². The number of methoxy groups -OCH3 is 1. The van der Waals surface area contributed by atoms with Crippen LogP contribution in [0, 0.1) is 13.8 Å². The zero-order valence-electron chi connectivity index (χ0n) is 8.81. The van der Waals surface area contributed by atoms with Crippen LogP contribution in [0.25, 0.3) is 11.4 Å². The number of ether oxygens (including phenoxy) is 1. The second kappa shape index (κ2) is 3.68. The van der Waals surface area contributed by atoms with Crippen LogP contribution in [0.1, 0.15) is 11.6 Å². The van der Waals surface area contributed by atoms with Crippen molar-refractivity contribution in [3.63, 3.8) is 0 Å². The predicted octanol–water partition coefficient (Wildman–Crippen LogP) is 1.76. The fraction of sp³-hybridized carbons (Fsp3) is 0.300. The Bertz CT molecular complexity index is 479. The van der Waals surface area contributed by atoms with Gasteiger partial charge in [0.1, 0.15) is 0 Å². The van der Waals surface area contributed by atoms with E-state index < -0.39 is 0 Å². The standard InChI is InChI=1S/C10H11N3O2/c1-6-4-8(5-9(11-6)14-3)10-12-7(2)15-13-10/h4-5H,1-3H3. The summed E-state index contributed by atoms with van der Waals surface area (Å²) in [5, 5.41) is 3.83. The molecule has 0 unspecified atom stereocenters. The molecule has 2 aromatic rings. The van der Waals surface area contributed by atoms with Crippen LogP contribution in [0.15, 0.2) is 16.7 Å². The van der Waals surface area contributed by atoms with E-state index in [0.29, 0.717) is 17.6 Å². The van der Waals surface area contributed by atoms with Crippen molar-refractivity contribution in [3.8, 4) is 17.3 Å². The van der Waals surface area contributed by atoms with Gasteiger partial charge in [-0.1, -0.05) is 5.16 Å². The van der Waals surface area contributed by atoms with E-state index in [2.05, 4.69) is 15.1 Å². The highest BCUT2D eigenvalue weighted by Gasteiger charge is 2.08. The van der Waals surface area contributed by atoms with Crippen molar-refractivity contribution in [3.05, 3.63) is 23.7 Å². The molecule has 2 aromatic heterocycles. The molecule has 0 saturated carbocycles. The Morgan fingerprint density at radius 3 is 2.60 bits per heavy atom. The fourth-order valence-corrected chi connectivity index (χ4v) is 1.29. The SMILES string of the molecule is COc1cc(-c2noc(C)n2)cc(C)n1. The van der Waals surface area contributed by atoms with Gasteiger partial charge in [-0.05, 0) is 13.0 Å². The number of aryl methyl sites for hydroxylation is 2. The van der Waals surface area contributed by atoms with Gasteiger partial charge in [0, 0.05) is 24.2 Å². The molecule has 0 saturated heterocycles. The summed E-state index contributed by atoms with van der Waals surface area (Å²) in [6, 6.07) is 3.66. The molecule has 0 spiro atoms. The van der Waals surface area contributed by atoms with Gasteiger partial charge in [0.2, 0.25) is 17.6 Å². The first-order valence-electron chi connectivity index (χ1n) is 4.52. The van der Waals surface area contributed by atoms with Crippen LogP contribution in [-0.2, 0) is 0 Å². The molecular weight excluding hydrogens is 194 g/mol. The van der Waals surface area contributed by atoms with Crippen molar-refractivity contribution in [2.75, 3.05) is 7.11 Å². The quantitative estimate of drug-likeness (QED) is 0.747. The molecular formula is C10H11N3O2. The molecule has 0 aliphatic rings. The summed E-state index contributed by atoms with van der Waals surface area (Å²) in [5.41, 5.74) is 1.70. The third-order valence-corrected chi connectivity index (χ3v) is 1.92. The molecule has 5 nitrogen and oxygen atoms in total. The number of hydrogen-bond acceptors (Lipinski definition) is 5. The molecule has 0 aliphatic carbocycles. The number of pyridine rings is 1. The maximum Gasteiger partial charge on any atom is 0.223 e. The normalized spacial score (nSPS) is 10.3. The van der Waals surface area contributed by atoms with E-state index >= 15 is 0 Å². The van der Waals surface area contributed by atoms with Gasteiger partial charge in [0.15, 0.2) is 0 Å². The summed E-state index contributed by atoms with van der Waals surface area (Å²) < 4.78 is 9.98. The minimum Gasteiger partial charge on any atom is -0.481 e. The molecule has 15 heavy (non-hydrogen) atoms. The summed E-state index contributed by atoms with van der Waals surface area (Å²) in [7, 11) is 1.58. The maximum atomic E-state index is 5.07. The van der Waals surface area contributed by atoms with Gasteiger partial charge in [0.25, 0.3) is 0 Å². The van der Waals surface area contributed by atoms with Crippen LogP contribution in [0.5, 0.6) is 5.88 Å². The molecule has 0 aliphatic heterocycles. The maximum absolute atomic E-state index is 5.07. The first-order valence-corrected chi connectivity index (χ1v) is 4.52. The Kier molecular flexibility index (Phi) is 2.37. The van der Waals surface area contributed by atoms with E-state index in [1.165, 1.54) is 0 Å². The smallest absolute Gasteiger partial charge is 0.223 e. The molecule has 78 valence electrons. The largest absolute Gasteiger partial charge is 0.481 e. The van der Waals surface area contributed by atoms with Crippen LogP contribution >= 0.6 is 0 Å². The average Bonchev–Trinajstić information content (AvgIpc) is 2.64. The van der Waals surface area contributed by atoms with Crippen molar-refractivity contribution in [2.45, 2.75) is 13.8 Å². The number of nitrogens with zero attached hydrogens (tertiary/aromatic N) is 3. The molecule has 0 atom stereocenters. The predicted molar refractivity (Wildman–Crippen MR) is 53.6 cm³/mol. The molecule has 0 radical (unpaired) electrons. The molecule has 0 bridgehead atoms. The third-order valence-electron chi connectivity index (χ3n) is 1.92. The van der Waals surface area contributed by atoms with E-state index in [-0.39, 0.29) is 0 Å². The van der Waals surface area contributed by atoms with Crippen LogP contribution < -0.4 is 4.74 Å². The highest BCUT2D eigenvalue weighted by molar-refractivity contribution is 5.56. The van der Waals surface area contributed by atoms with Crippen molar-refractivity contribution in [1.82, 2.24) is 15.1 Å². The summed E-state index contributed by atoms with van der Waals surface area (Å²) >= 11 is 0. The molecule has 0 amide bonds. The molecule has 0 N–H and O–H groups in total. The monoisotopic (exact) mass is 205 g/mol. The van der Waals surface area contributed by atoms with Gasteiger partial charge in [-0.3, -0.25) is 0 Å². The Morgan fingerprint density at radius 2 is 2.00 bits per heavy atom. The second-order valence-corrected chi connectivity index (χ2v) is 3.18. The fourth-order valence-electron chi connectivity index (χ4n) is 1.29. The van der Waals surface area contributed by atoms with E-state index in [1.54, 1.807) is 20.1 Å². The highest BCUT2D eigenvalue weighted by atomic mass is 16.5. The Hall–Kier alpha value is -1.91. The van der Waals surface area contributed by atoms with Crippen molar-refractivity contribution in [2.24, 2.45) is 0 Å². The Labute approximate surface area is 87.1 Å². The van der Waals surface area contributed by atoms with Gasteiger partial charge in [-0.25, -0.2) is 4.98 Å². The second-order valence-electron chi connectivity index (χ2n) is 3.18. The number of rotatable bonds is 2. The zero-order chi connectivity index (χ0) is 10.8. The van der Waals surface area contributed by atoms with Gasteiger partial charge >= 0.3 is 0 Å².